The molecular formula is C26H25ClN4O3. The summed E-state index contributed by atoms with van der Waals surface area (Å²) in [6.07, 6.45) is 1.92. The van der Waals surface area contributed by atoms with Crippen LogP contribution in [-0.4, -0.2) is 34.4 Å². The fourth-order valence-corrected chi connectivity index (χ4v) is 4.78. The molecule has 0 saturated carbocycles. The first-order valence-corrected chi connectivity index (χ1v) is 11.4. The highest BCUT2D eigenvalue weighted by Crippen LogP contribution is 2.50. The van der Waals surface area contributed by atoms with E-state index in [1.165, 1.54) is 4.90 Å². The minimum atomic E-state index is -1.15. The molecule has 5 rings (SSSR count). The Morgan fingerprint density at radius 1 is 1.18 bits per heavy atom. The number of amides is 1. The average molecular weight is 477 g/mol. The maximum absolute atomic E-state index is 13.4. The molecule has 3 aromatic rings. The van der Waals surface area contributed by atoms with E-state index in [0.29, 0.717) is 40.8 Å². The van der Waals surface area contributed by atoms with Crippen molar-refractivity contribution in [2.45, 2.75) is 38.0 Å². The third-order valence-electron chi connectivity index (χ3n) is 6.15. The largest absolute Gasteiger partial charge is 0.487 e. The van der Waals surface area contributed by atoms with Gasteiger partial charge >= 0.3 is 0 Å². The predicted molar refractivity (Wildman–Crippen MR) is 131 cm³/mol. The highest BCUT2D eigenvalue weighted by Gasteiger charge is 2.55. The molecular weight excluding hydrogens is 452 g/mol. The lowest BCUT2D eigenvalue weighted by atomic mass is 9.77. The standard InChI is InChI=1S/C26H25ClN4O3/c1-25(2)15-26(23(32)31(3)24(28)30-26)20-11-17(9-10-21(20)34-25)19-12-18(27)13-29-22(19)33-14-16-7-5-4-6-8-16/h4-13H,14-15H2,1-3H3,(H2,28,30). The van der Waals surface area contributed by atoms with Crippen molar-refractivity contribution in [3.05, 3.63) is 76.9 Å². The molecule has 2 aliphatic rings. The number of guanidine groups is 1. The minimum Gasteiger partial charge on any atom is -0.487 e. The summed E-state index contributed by atoms with van der Waals surface area (Å²) in [4.78, 5) is 23.9. The quantitative estimate of drug-likeness (QED) is 0.597. The minimum absolute atomic E-state index is 0.176. The highest BCUT2D eigenvalue weighted by atomic mass is 35.5. The molecule has 0 aliphatic carbocycles. The maximum Gasteiger partial charge on any atom is 0.261 e. The normalized spacial score (nSPS) is 20.6. The van der Waals surface area contributed by atoms with Gasteiger partial charge in [-0.1, -0.05) is 48.0 Å². The van der Waals surface area contributed by atoms with Crippen LogP contribution in [0.1, 0.15) is 31.4 Å². The molecule has 174 valence electrons. The summed E-state index contributed by atoms with van der Waals surface area (Å²) in [5.74, 6) is 1.05. The van der Waals surface area contributed by atoms with E-state index in [9.17, 15) is 4.79 Å². The van der Waals surface area contributed by atoms with Gasteiger partial charge in [0.05, 0.1) is 5.02 Å². The second-order valence-corrected chi connectivity index (χ2v) is 9.66. The van der Waals surface area contributed by atoms with Crippen LogP contribution in [0.2, 0.25) is 5.02 Å². The zero-order chi connectivity index (χ0) is 24.1. The number of pyridine rings is 1. The lowest BCUT2D eigenvalue weighted by molar-refractivity contribution is -0.133. The number of aliphatic imine (C=N–C) groups is 1. The van der Waals surface area contributed by atoms with Crippen molar-refractivity contribution in [1.29, 1.82) is 0 Å². The van der Waals surface area contributed by atoms with Crippen molar-refractivity contribution in [3.63, 3.8) is 0 Å². The summed E-state index contributed by atoms with van der Waals surface area (Å²) >= 11 is 6.30. The Hall–Kier alpha value is -3.58. The van der Waals surface area contributed by atoms with Crippen LogP contribution in [0.5, 0.6) is 11.6 Å². The zero-order valence-electron chi connectivity index (χ0n) is 19.2. The second-order valence-electron chi connectivity index (χ2n) is 9.22. The fourth-order valence-electron chi connectivity index (χ4n) is 4.62. The van der Waals surface area contributed by atoms with Gasteiger partial charge in [-0.3, -0.25) is 9.69 Å². The van der Waals surface area contributed by atoms with E-state index in [1.54, 1.807) is 19.3 Å². The molecule has 3 heterocycles. The van der Waals surface area contributed by atoms with E-state index in [4.69, 9.17) is 26.8 Å². The third kappa shape index (κ3) is 3.76. The fraction of sp³-hybridized carbons (Fsp3) is 0.269. The Kier molecular flexibility index (Phi) is 5.24. The van der Waals surface area contributed by atoms with Gasteiger partial charge in [0.15, 0.2) is 11.5 Å². The van der Waals surface area contributed by atoms with Crippen LogP contribution in [-0.2, 0) is 16.9 Å². The highest BCUT2D eigenvalue weighted by molar-refractivity contribution is 6.30. The molecule has 34 heavy (non-hydrogen) atoms. The number of rotatable bonds is 4. The van der Waals surface area contributed by atoms with Crippen LogP contribution < -0.4 is 15.2 Å². The lowest BCUT2D eigenvalue weighted by Crippen LogP contribution is -2.49. The number of aromatic nitrogens is 1. The van der Waals surface area contributed by atoms with Gasteiger partial charge in [0.25, 0.3) is 5.91 Å². The van der Waals surface area contributed by atoms with Crippen LogP contribution >= 0.6 is 11.6 Å². The molecule has 1 aromatic heterocycles. The molecule has 2 N–H and O–H groups in total. The number of carbonyl (C=O) groups excluding carboxylic acids is 1. The number of nitrogens with two attached hydrogens (primary N) is 1. The molecule has 0 bridgehead atoms. The first kappa shape index (κ1) is 22.2. The van der Waals surface area contributed by atoms with Crippen molar-refractivity contribution in [3.8, 4) is 22.8 Å². The molecule has 2 aliphatic heterocycles. The van der Waals surface area contributed by atoms with E-state index >= 15 is 0 Å². The molecule has 1 spiro atoms. The molecule has 8 heteroatoms. The Labute approximate surface area is 203 Å². The Balaban J connectivity index is 1.60. The number of hydrogen-bond donors (Lipinski definition) is 1. The van der Waals surface area contributed by atoms with Crippen molar-refractivity contribution < 1.29 is 14.3 Å². The number of halogens is 1. The Bertz CT molecular complexity index is 1310. The Morgan fingerprint density at radius 2 is 1.94 bits per heavy atom. The van der Waals surface area contributed by atoms with E-state index in [2.05, 4.69) is 9.98 Å². The van der Waals surface area contributed by atoms with Gasteiger partial charge in [0.2, 0.25) is 5.88 Å². The monoisotopic (exact) mass is 476 g/mol. The van der Waals surface area contributed by atoms with Gasteiger partial charge in [0.1, 0.15) is 18.0 Å². The summed E-state index contributed by atoms with van der Waals surface area (Å²) in [6, 6.07) is 17.3. The number of hydrogen-bond acceptors (Lipinski definition) is 6. The topological polar surface area (TPSA) is 90.0 Å². The molecule has 0 saturated heterocycles. The van der Waals surface area contributed by atoms with Crippen LogP contribution in [0, 0.1) is 0 Å². The van der Waals surface area contributed by atoms with Crippen LogP contribution in [0.4, 0.5) is 0 Å². The molecule has 0 radical (unpaired) electrons. The SMILES string of the molecule is CN1C(=O)C2(CC(C)(C)Oc3ccc(-c4cc(Cl)cnc4OCc4ccccc4)cc32)N=C1N. The summed E-state index contributed by atoms with van der Waals surface area (Å²) in [5, 5.41) is 0.478. The first-order valence-electron chi connectivity index (χ1n) is 11.0. The number of fused-ring (bicyclic) bond motifs is 2. The summed E-state index contributed by atoms with van der Waals surface area (Å²) in [6.45, 7) is 4.25. The van der Waals surface area contributed by atoms with E-state index < -0.39 is 11.1 Å². The predicted octanol–water partition coefficient (Wildman–Crippen LogP) is 4.52. The van der Waals surface area contributed by atoms with Gasteiger partial charge in [-0.25, -0.2) is 9.98 Å². The number of carbonyl (C=O) groups is 1. The lowest BCUT2D eigenvalue weighted by Gasteiger charge is -2.41. The van der Waals surface area contributed by atoms with Gasteiger partial charge in [0, 0.05) is 30.8 Å². The maximum atomic E-state index is 13.4. The van der Waals surface area contributed by atoms with E-state index in [1.807, 2.05) is 62.4 Å². The van der Waals surface area contributed by atoms with Gasteiger partial charge in [-0.05, 0) is 43.2 Å². The van der Waals surface area contributed by atoms with Crippen LogP contribution in [0.3, 0.4) is 0 Å². The molecule has 7 nitrogen and oxygen atoms in total. The van der Waals surface area contributed by atoms with Crippen LogP contribution in [0.15, 0.2) is 65.8 Å². The van der Waals surface area contributed by atoms with Gasteiger partial charge < -0.3 is 15.2 Å². The van der Waals surface area contributed by atoms with Crippen molar-refractivity contribution in [1.82, 2.24) is 9.88 Å². The molecule has 1 unspecified atom stereocenters. The number of nitrogens with zero attached hydrogens (tertiary/aromatic N) is 3. The number of likely N-dealkylation sites (N-methyl/N-ethyl adjacent to an activating group) is 1. The first-order chi connectivity index (χ1) is 16.2. The molecule has 2 aromatic carbocycles. The number of benzene rings is 2. The van der Waals surface area contributed by atoms with Crippen molar-refractivity contribution >= 4 is 23.5 Å². The molecule has 1 atom stereocenters. The van der Waals surface area contributed by atoms with Gasteiger partial charge in [-0.15, -0.1) is 0 Å². The van der Waals surface area contributed by atoms with Crippen molar-refractivity contribution in [2.24, 2.45) is 10.7 Å². The van der Waals surface area contributed by atoms with Gasteiger partial charge in [-0.2, -0.15) is 0 Å². The molecule has 0 fully saturated rings. The number of ether oxygens (including phenoxy) is 2. The Morgan fingerprint density at radius 3 is 2.65 bits per heavy atom. The van der Waals surface area contributed by atoms with E-state index in [-0.39, 0.29) is 11.9 Å². The zero-order valence-corrected chi connectivity index (χ0v) is 20.0. The van der Waals surface area contributed by atoms with Crippen LogP contribution in [0.25, 0.3) is 11.1 Å². The van der Waals surface area contributed by atoms with Crippen molar-refractivity contribution in [2.75, 3.05) is 7.05 Å². The second kappa shape index (κ2) is 8.02. The molecule has 1 amide bonds. The summed E-state index contributed by atoms with van der Waals surface area (Å²) < 4.78 is 12.3. The summed E-state index contributed by atoms with van der Waals surface area (Å²) in [7, 11) is 1.64. The summed E-state index contributed by atoms with van der Waals surface area (Å²) in [5.41, 5.74) is 7.51. The third-order valence-corrected chi connectivity index (χ3v) is 6.35. The average Bonchev–Trinajstić information content (AvgIpc) is 3.01. The smallest absolute Gasteiger partial charge is 0.261 e. The van der Waals surface area contributed by atoms with E-state index in [0.717, 1.165) is 11.1 Å².